The van der Waals surface area contributed by atoms with Crippen LogP contribution in [0, 0.1) is 10.1 Å². The lowest BCUT2D eigenvalue weighted by molar-refractivity contribution is -0.388. The number of nitrogens with zero attached hydrogens (tertiary/aromatic N) is 1. The summed E-state index contributed by atoms with van der Waals surface area (Å²) in [5.41, 5.74) is 0.293. The van der Waals surface area contributed by atoms with Crippen molar-refractivity contribution in [1.82, 2.24) is 5.32 Å². The van der Waals surface area contributed by atoms with Crippen LogP contribution in [-0.2, 0) is 11.3 Å². The molecule has 2 N–H and O–H groups in total. The molecule has 6 rings (SSSR count). The van der Waals surface area contributed by atoms with Crippen molar-refractivity contribution in [2.24, 2.45) is 0 Å². The van der Waals surface area contributed by atoms with Gasteiger partial charge in [0.2, 0.25) is 11.3 Å². The summed E-state index contributed by atoms with van der Waals surface area (Å²) >= 11 is 0. The van der Waals surface area contributed by atoms with Crippen LogP contribution in [-0.4, -0.2) is 21.7 Å². The van der Waals surface area contributed by atoms with Gasteiger partial charge in [0.25, 0.3) is 17.4 Å². The number of nitro groups is 1. The van der Waals surface area contributed by atoms with Crippen molar-refractivity contribution >= 4 is 17.4 Å². The minimum atomic E-state index is -2.53. The third kappa shape index (κ3) is 3.42. The molecule has 1 aliphatic heterocycles. The number of hydrogen-bond donors (Lipinski definition) is 2. The van der Waals surface area contributed by atoms with Crippen LogP contribution < -0.4 is 10.1 Å². The Hall–Kier alpha value is -4.82. The van der Waals surface area contributed by atoms with E-state index in [2.05, 4.69) is 5.32 Å². The molecule has 4 aromatic carbocycles. The number of nitro benzene ring substituents is 1. The van der Waals surface area contributed by atoms with E-state index in [-0.39, 0.29) is 33.9 Å². The molecule has 2 unspecified atom stereocenters. The quantitative estimate of drug-likeness (QED) is 0.267. The molecule has 0 aromatic heterocycles. The molecule has 2 aliphatic rings. The third-order valence-corrected chi connectivity index (χ3v) is 7.56. The van der Waals surface area contributed by atoms with Crippen LogP contribution in [0.3, 0.4) is 0 Å². The topological polar surface area (TPSA) is 119 Å². The molecule has 0 fully saturated rings. The summed E-state index contributed by atoms with van der Waals surface area (Å²) in [6.45, 7) is 3.96. The van der Waals surface area contributed by atoms with Crippen LogP contribution in [0.1, 0.15) is 57.2 Å². The minimum absolute atomic E-state index is 0.0787. The number of ether oxygens (including phenoxy) is 1. The zero-order valence-electron chi connectivity index (χ0n) is 21.2. The van der Waals surface area contributed by atoms with Crippen molar-refractivity contribution in [1.29, 1.82) is 0 Å². The van der Waals surface area contributed by atoms with Gasteiger partial charge in [0.1, 0.15) is 11.3 Å². The van der Waals surface area contributed by atoms with E-state index in [1.807, 2.05) is 44.2 Å². The summed E-state index contributed by atoms with van der Waals surface area (Å²) in [6, 6.07) is 25.6. The second kappa shape index (κ2) is 8.61. The second-order valence-corrected chi connectivity index (χ2v) is 10.1. The molecule has 1 heterocycles. The van der Waals surface area contributed by atoms with Crippen molar-refractivity contribution in [3.63, 3.8) is 0 Å². The van der Waals surface area contributed by atoms with Gasteiger partial charge < -0.3 is 15.2 Å². The van der Waals surface area contributed by atoms with Crippen LogP contribution in [0.15, 0.2) is 91.0 Å². The summed E-state index contributed by atoms with van der Waals surface area (Å²) in [4.78, 5) is 39.0. The van der Waals surface area contributed by atoms with Crippen LogP contribution >= 0.6 is 0 Å². The molecule has 39 heavy (non-hydrogen) atoms. The maximum Gasteiger partial charge on any atom is 0.280 e. The summed E-state index contributed by atoms with van der Waals surface area (Å²) in [5, 5.41) is 26.8. The van der Waals surface area contributed by atoms with Gasteiger partial charge in [0.05, 0.1) is 4.92 Å². The van der Waals surface area contributed by atoms with E-state index >= 15 is 0 Å². The number of carbonyl (C=O) groups is 2. The Morgan fingerprint density at radius 2 is 1.64 bits per heavy atom. The Balaban J connectivity index is 1.48. The summed E-state index contributed by atoms with van der Waals surface area (Å²) in [6.07, 6.45) is 0. The number of fused-ring (bicyclic) bond motifs is 5. The second-order valence-electron chi connectivity index (χ2n) is 10.1. The largest absolute Gasteiger partial charge is 0.454 e. The average molecular weight is 521 g/mol. The molecule has 8 nitrogen and oxygen atoms in total. The fraction of sp³-hybridized carbons (Fsp3) is 0.161. The first kappa shape index (κ1) is 24.5. The summed E-state index contributed by atoms with van der Waals surface area (Å²) in [5.74, 6) is -3.56. The molecule has 0 saturated carbocycles. The first-order valence-electron chi connectivity index (χ1n) is 12.5. The monoisotopic (exact) mass is 520 g/mol. The van der Waals surface area contributed by atoms with Gasteiger partial charge in [0, 0.05) is 22.8 Å². The van der Waals surface area contributed by atoms with E-state index in [1.165, 1.54) is 18.2 Å². The highest BCUT2D eigenvalue weighted by atomic mass is 16.6. The molecular weight excluding hydrogens is 496 g/mol. The molecule has 0 saturated heterocycles. The number of aliphatic hydroxyl groups is 1. The van der Waals surface area contributed by atoms with Gasteiger partial charge in [-0.05, 0) is 40.8 Å². The molecule has 8 heteroatoms. The Morgan fingerprint density at radius 3 is 2.31 bits per heavy atom. The van der Waals surface area contributed by atoms with Crippen LogP contribution in [0.2, 0.25) is 0 Å². The molecule has 0 spiro atoms. The van der Waals surface area contributed by atoms with Crippen LogP contribution in [0.5, 0.6) is 5.75 Å². The first-order chi connectivity index (χ1) is 18.7. The number of amides is 1. The number of ketones is 1. The standard InChI is InChI=1S/C31H24N2O6/c1-18(2)22-15-16-24-26(17-22)39-31(36)27-23(9-6-10-25(27)33(37)38)28(34)30(24,31)32-29(35)21-13-11-20(12-14-21)19-7-4-3-5-8-19/h3-18,36H,1-2H3,(H,32,35). The summed E-state index contributed by atoms with van der Waals surface area (Å²) in [7, 11) is 0. The van der Waals surface area contributed by atoms with E-state index in [0.29, 0.717) is 0 Å². The van der Waals surface area contributed by atoms with Gasteiger partial charge in [-0.2, -0.15) is 0 Å². The van der Waals surface area contributed by atoms with Gasteiger partial charge in [-0.1, -0.05) is 80.6 Å². The van der Waals surface area contributed by atoms with Crippen LogP contribution in [0.4, 0.5) is 5.69 Å². The number of benzene rings is 4. The number of rotatable bonds is 5. The predicted molar refractivity (Wildman–Crippen MR) is 144 cm³/mol. The summed E-state index contributed by atoms with van der Waals surface area (Å²) < 4.78 is 6.03. The lowest BCUT2D eigenvalue weighted by atomic mass is 9.82. The Bertz CT molecular complexity index is 1660. The molecule has 1 aliphatic carbocycles. The van der Waals surface area contributed by atoms with Crippen LogP contribution in [0.25, 0.3) is 11.1 Å². The van der Waals surface area contributed by atoms with Gasteiger partial charge in [-0.15, -0.1) is 0 Å². The van der Waals surface area contributed by atoms with Crippen molar-refractivity contribution in [2.75, 3.05) is 0 Å². The van der Waals surface area contributed by atoms with E-state index in [4.69, 9.17) is 4.74 Å². The Labute approximate surface area is 224 Å². The molecule has 194 valence electrons. The molecule has 2 atom stereocenters. The molecule has 0 radical (unpaired) electrons. The lowest BCUT2D eigenvalue weighted by Gasteiger charge is -2.34. The smallest absolute Gasteiger partial charge is 0.280 e. The van der Waals surface area contributed by atoms with Crippen molar-refractivity contribution in [3.05, 3.63) is 129 Å². The minimum Gasteiger partial charge on any atom is -0.454 e. The number of Topliss-reactive ketones (excluding diaryl/α,β-unsaturated/α-hetero) is 1. The molecule has 0 bridgehead atoms. The van der Waals surface area contributed by atoms with Gasteiger partial charge >= 0.3 is 0 Å². The maximum absolute atomic E-state index is 14.1. The normalized spacial score (nSPS) is 20.7. The highest BCUT2D eigenvalue weighted by Crippen LogP contribution is 2.60. The van der Waals surface area contributed by atoms with E-state index in [0.717, 1.165) is 16.7 Å². The number of hydrogen-bond acceptors (Lipinski definition) is 6. The lowest BCUT2D eigenvalue weighted by Crippen LogP contribution is -2.60. The van der Waals surface area contributed by atoms with Crippen molar-refractivity contribution < 1.29 is 24.4 Å². The van der Waals surface area contributed by atoms with E-state index < -0.39 is 33.6 Å². The molecule has 1 amide bonds. The average Bonchev–Trinajstić information content (AvgIpc) is 3.30. The van der Waals surface area contributed by atoms with Gasteiger partial charge in [-0.25, -0.2) is 0 Å². The zero-order valence-corrected chi connectivity index (χ0v) is 21.2. The van der Waals surface area contributed by atoms with Gasteiger partial charge in [-0.3, -0.25) is 19.7 Å². The molecular formula is C31H24N2O6. The predicted octanol–water partition coefficient (Wildman–Crippen LogP) is 5.44. The van der Waals surface area contributed by atoms with E-state index in [9.17, 15) is 24.8 Å². The zero-order chi connectivity index (χ0) is 27.5. The highest BCUT2D eigenvalue weighted by molar-refractivity contribution is 6.14. The number of nitrogens with one attached hydrogen (secondary N) is 1. The Morgan fingerprint density at radius 1 is 0.949 bits per heavy atom. The fourth-order valence-corrected chi connectivity index (χ4v) is 5.56. The maximum atomic E-state index is 14.1. The first-order valence-corrected chi connectivity index (χ1v) is 12.5. The number of carbonyl (C=O) groups excluding carboxylic acids is 2. The van der Waals surface area contributed by atoms with Gasteiger partial charge in [0.15, 0.2) is 0 Å². The highest BCUT2D eigenvalue weighted by Gasteiger charge is 2.73. The SMILES string of the molecule is CC(C)c1ccc2c(c1)OC1(O)c3c(cccc3[N+](=O)[O-])C(=O)C21NC(=O)c1ccc(-c2ccccc2)cc1. The molecule has 4 aromatic rings. The third-order valence-electron chi connectivity index (χ3n) is 7.56. The van der Waals surface area contributed by atoms with Crippen molar-refractivity contribution in [2.45, 2.75) is 31.1 Å². The Kier molecular flexibility index (Phi) is 5.41. The fourth-order valence-electron chi connectivity index (χ4n) is 5.56. The van der Waals surface area contributed by atoms with E-state index in [1.54, 1.807) is 42.5 Å². The van der Waals surface area contributed by atoms with Crippen molar-refractivity contribution in [3.8, 4) is 16.9 Å².